The quantitative estimate of drug-likeness (QED) is 0.277. The highest BCUT2D eigenvalue weighted by molar-refractivity contribution is 14.1. The summed E-state index contributed by atoms with van der Waals surface area (Å²) in [5.41, 5.74) is 4.69. The smallest absolute Gasteiger partial charge is 0.274 e. The lowest BCUT2D eigenvalue weighted by Crippen LogP contribution is -2.10. The van der Waals surface area contributed by atoms with Gasteiger partial charge in [-0.1, -0.05) is 47.0 Å². The molecule has 166 valence electrons. The van der Waals surface area contributed by atoms with Crippen molar-refractivity contribution in [2.75, 3.05) is 0 Å². The molecule has 0 saturated heterocycles. The van der Waals surface area contributed by atoms with Crippen LogP contribution in [0.3, 0.4) is 0 Å². The van der Waals surface area contributed by atoms with E-state index in [1.807, 2.05) is 41.9 Å². The SMILES string of the molecule is Cn1cnnc1C(c1ccc(I)cc1)c1ccc2c(c1)c(-c1cccc(Cl)c1)nc1nnnn12. The summed E-state index contributed by atoms with van der Waals surface area (Å²) in [6.07, 6.45) is 1.72. The molecule has 0 fully saturated rings. The first-order valence-corrected chi connectivity index (χ1v) is 11.9. The largest absolute Gasteiger partial charge is 0.320 e. The van der Waals surface area contributed by atoms with Crippen LogP contribution in [0.4, 0.5) is 0 Å². The predicted molar refractivity (Wildman–Crippen MR) is 138 cm³/mol. The van der Waals surface area contributed by atoms with E-state index in [2.05, 4.69) is 84.7 Å². The maximum Gasteiger partial charge on any atom is 0.274 e. The monoisotopic (exact) mass is 578 g/mol. The van der Waals surface area contributed by atoms with Crippen molar-refractivity contribution in [2.24, 2.45) is 7.05 Å². The average Bonchev–Trinajstić information content (AvgIpc) is 3.49. The number of hydrogen-bond donors (Lipinski definition) is 0. The molecule has 3 aromatic heterocycles. The van der Waals surface area contributed by atoms with Gasteiger partial charge >= 0.3 is 0 Å². The molecule has 10 heteroatoms. The van der Waals surface area contributed by atoms with Gasteiger partial charge in [0, 0.05) is 26.6 Å². The van der Waals surface area contributed by atoms with Crippen LogP contribution >= 0.6 is 34.2 Å². The molecule has 0 spiro atoms. The lowest BCUT2D eigenvalue weighted by atomic mass is 9.89. The van der Waals surface area contributed by atoms with Gasteiger partial charge in [-0.25, -0.2) is 4.98 Å². The van der Waals surface area contributed by atoms with Crippen molar-refractivity contribution in [1.82, 2.24) is 39.8 Å². The molecule has 1 atom stereocenters. The lowest BCUT2D eigenvalue weighted by Gasteiger charge is -2.19. The molecule has 6 aromatic rings. The minimum Gasteiger partial charge on any atom is -0.320 e. The summed E-state index contributed by atoms with van der Waals surface area (Å²) in [5.74, 6) is 1.16. The standard InChI is InChI=1S/C24H16ClIN8/c1-33-13-27-29-23(33)21(14-5-8-18(26)9-6-14)15-7-10-20-19(12-15)22(16-3-2-4-17(25)11-16)28-24-30-31-32-34(20)24/h2-13,21H,1H3. The van der Waals surface area contributed by atoms with E-state index in [0.717, 1.165) is 39.1 Å². The molecule has 0 N–H and O–H groups in total. The van der Waals surface area contributed by atoms with E-state index in [4.69, 9.17) is 16.6 Å². The molecule has 0 radical (unpaired) electrons. The maximum atomic E-state index is 6.31. The van der Waals surface area contributed by atoms with Crippen LogP contribution in [0.25, 0.3) is 27.9 Å². The Bertz CT molecular complexity index is 1660. The van der Waals surface area contributed by atoms with E-state index in [0.29, 0.717) is 10.8 Å². The molecule has 0 aliphatic heterocycles. The normalized spacial score (nSPS) is 12.4. The van der Waals surface area contributed by atoms with Gasteiger partial charge in [0.2, 0.25) is 0 Å². The van der Waals surface area contributed by atoms with Gasteiger partial charge < -0.3 is 4.57 Å². The zero-order valence-electron chi connectivity index (χ0n) is 17.8. The van der Waals surface area contributed by atoms with Crippen molar-refractivity contribution >= 4 is 50.9 Å². The van der Waals surface area contributed by atoms with Crippen molar-refractivity contribution in [3.8, 4) is 11.3 Å². The molecular formula is C24H16ClIN8. The van der Waals surface area contributed by atoms with Crippen LogP contribution in [-0.4, -0.2) is 39.8 Å². The number of fused-ring (bicyclic) bond motifs is 3. The second kappa shape index (κ2) is 8.41. The van der Waals surface area contributed by atoms with Gasteiger partial charge in [0.05, 0.1) is 17.1 Å². The van der Waals surface area contributed by atoms with Gasteiger partial charge in [0.25, 0.3) is 5.78 Å². The molecule has 0 aliphatic carbocycles. The number of halogens is 2. The van der Waals surface area contributed by atoms with Crippen molar-refractivity contribution < 1.29 is 0 Å². The molecule has 0 bridgehead atoms. The number of benzene rings is 3. The molecular weight excluding hydrogens is 563 g/mol. The number of aromatic nitrogens is 8. The Morgan fingerprint density at radius 1 is 0.941 bits per heavy atom. The number of rotatable bonds is 4. The Morgan fingerprint density at radius 2 is 1.76 bits per heavy atom. The average molecular weight is 579 g/mol. The molecule has 8 nitrogen and oxygen atoms in total. The van der Waals surface area contributed by atoms with Crippen LogP contribution in [0.5, 0.6) is 0 Å². The number of nitrogens with zero attached hydrogens (tertiary/aromatic N) is 8. The fraction of sp³-hybridized carbons (Fsp3) is 0.0833. The highest BCUT2D eigenvalue weighted by atomic mass is 127. The molecule has 3 aromatic carbocycles. The molecule has 0 amide bonds. The Balaban J connectivity index is 1.64. The van der Waals surface area contributed by atoms with E-state index in [1.54, 1.807) is 10.8 Å². The highest BCUT2D eigenvalue weighted by Crippen LogP contribution is 2.35. The number of tetrazole rings is 1. The van der Waals surface area contributed by atoms with Crippen LogP contribution in [-0.2, 0) is 7.05 Å². The molecule has 1 unspecified atom stereocenters. The third-order valence-corrected chi connectivity index (χ3v) is 6.76. The molecule has 3 heterocycles. The van der Waals surface area contributed by atoms with Gasteiger partial charge in [-0.2, -0.15) is 4.52 Å². The summed E-state index contributed by atoms with van der Waals surface area (Å²) < 4.78 is 4.77. The Morgan fingerprint density at radius 3 is 2.53 bits per heavy atom. The van der Waals surface area contributed by atoms with Gasteiger partial charge in [-0.05, 0) is 80.5 Å². The van der Waals surface area contributed by atoms with Gasteiger partial charge in [0.1, 0.15) is 12.2 Å². The predicted octanol–water partition coefficient (Wildman–Crippen LogP) is 4.91. The number of aryl methyl sites for hydroxylation is 1. The third-order valence-electron chi connectivity index (χ3n) is 5.81. The zero-order valence-corrected chi connectivity index (χ0v) is 20.8. The third kappa shape index (κ3) is 3.61. The van der Waals surface area contributed by atoms with Crippen LogP contribution in [0.15, 0.2) is 73.1 Å². The van der Waals surface area contributed by atoms with E-state index < -0.39 is 0 Å². The Kier molecular flexibility index (Phi) is 5.22. The minimum absolute atomic E-state index is 0.120. The van der Waals surface area contributed by atoms with Crippen molar-refractivity contribution in [2.45, 2.75) is 5.92 Å². The van der Waals surface area contributed by atoms with Gasteiger partial charge in [-0.15, -0.1) is 10.2 Å². The van der Waals surface area contributed by atoms with Crippen LogP contribution < -0.4 is 0 Å². The van der Waals surface area contributed by atoms with Crippen LogP contribution in [0, 0.1) is 3.57 Å². The summed E-state index contributed by atoms with van der Waals surface area (Å²) in [7, 11) is 1.96. The van der Waals surface area contributed by atoms with E-state index in [1.165, 1.54) is 3.57 Å². The van der Waals surface area contributed by atoms with Crippen LogP contribution in [0.2, 0.25) is 5.02 Å². The summed E-state index contributed by atoms with van der Waals surface area (Å²) >= 11 is 8.62. The fourth-order valence-electron chi connectivity index (χ4n) is 4.23. The maximum absolute atomic E-state index is 6.31. The summed E-state index contributed by atoms with van der Waals surface area (Å²) in [4.78, 5) is 4.77. The number of hydrogen-bond acceptors (Lipinski definition) is 6. The minimum atomic E-state index is -0.120. The first kappa shape index (κ1) is 21.1. The second-order valence-corrected chi connectivity index (χ2v) is 9.60. The molecule has 0 aliphatic rings. The summed E-state index contributed by atoms with van der Waals surface area (Å²) in [6.45, 7) is 0. The van der Waals surface area contributed by atoms with E-state index >= 15 is 0 Å². The molecule has 34 heavy (non-hydrogen) atoms. The Labute approximate surface area is 212 Å². The van der Waals surface area contributed by atoms with Gasteiger partial charge in [0.15, 0.2) is 0 Å². The lowest BCUT2D eigenvalue weighted by molar-refractivity contribution is 0.762. The van der Waals surface area contributed by atoms with E-state index in [-0.39, 0.29) is 5.92 Å². The first-order valence-electron chi connectivity index (χ1n) is 10.5. The summed E-state index contributed by atoms with van der Waals surface area (Å²) in [5, 5.41) is 22.2. The van der Waals surface area contributed by atoms with E-state index in [9.17, 15) is 0 Å². The second-order valence-electron chi connectivity index (χ2n) is 7.92. The van der Waals surface area contributed by atoms with Crippen molar-refractivity contribution in [3.05, 3.63) is 98.6 Å². The van der Waals surface area contributed by atoms with Crippen molar-refractivity contribution in [3.63, 3.8) is 0 Å². The van der Waals surface area contributed by atoms with Gasteiger partial charge in [-0.3, -0.25) is 0 Å². The first-order chi connectivity index (χ1) is 16.6. The molecule has 0 saturated carbocycles. The molecule has 6 rings (SSSR count). The Hall–Kier alpha value is -3.44. The summed E-state index contributed by atoms with van der Waals surface area (Å²) in [6, 6.07) is 22.4. The fourth-order valence-corrected chi connectivity index (χ4v) is 4.78. The highest BCUT2D eigenvalue weighted by Gasteiger charge is 2.23. The topological polar surface area (TPSA) is 86.7 Å². The van der Waals surface area contributed by atoms with Crippen molar-refractivity contribution in [1.29, 1.82) is 0 Å². The van der Waals surface area contributed by atoms with Crippen LogP contribution in [0.1, 0.15) is 22.9 Å². The zero-order chi connectivity index (χ0) is 23.2.